The van der Waals surface area contributed by atoms with Gasteiger partial charge in [-0.25, -0.2) is 9.59 Å². The van der Waals surface area contributed by atoms with Crippen molar-refractivity contribution in [3.05, 3.63) is 83.9 Å². The van der Waals surface area contributed by atoms with Crippen molar-refractivity contribution in [2.24, 2.45) is 0 Å². The van der Waals surface area contributed by atoms with Crippen molar-refractivity contribution in [3.8, 4) is 0 Å². The van der Waals surface area contributed by atoms with Gasteiger partial charge in [-0.1, -0.05) is 67.6 Å². The zero-order chi connectivity index (χ0) is 32.4. The van der Waals surface area contributed by atoms with Gasteiger partial charge in [-0.15, -0.1) is 6.58 Å². The molecule has 2 N–H and O–H groups in total. The van der Waals surface area contributed by atoms with Gasteiger partial charge in [0.15, 0.2) is 0 Å². The Morgan fingerprint density at radius 3 is 1.95 bits per heavy atom. The first kappa shape index (κ1) is 35.1. The van der Waals surface area contributed by atoms with Gasteiger partial charge >= 0.3 is 12.1 Å². The van der Waals surface area contributed by atoms with E-state index in [-0.39, 0.29) is 13.0 Å². The highest BCUT2D eigenvalue weighted by Gasteiger charge is 2.37. The van der Waals surface area contributed by atoms with Crippen molar-refractivity contribution >= 4 is 23.9 Å². The molecule has 43 heavy (non-hydrogen) atoms. The molecule has 9 heteroatoms. The molecule has 2 rings (SSSR count). The first-order valence-corrected chi connectivity index (χ1v) is 14.6. The highest BCUT2D eigenvalue weighted by atomic mass is 16.6. The summed E-state index contributed by atoms with van der Waals surface area (Å²) in [5.74, 6) is -1.69. The van der Waals surface area contributed by atoms with Crippen LogP contribution < -0.4 is 10.6 Å². The van der Waals surface area contributed by atoms with Crippen LogP contribution in [0.5, 0.6) is 0 Å². The average molecular weight is 594 g/mol. The van der Waals surface area contributed by atoms with E-state index < -0.39 is 53.2 Å². The van der Waals surface area contributed by atoms with E-state index in [0.29, 0.717) is 5.56 Å². The number of aryl methyl sites for hydroxylation is 1. The molecule has 0 fully saturated rings. The van der Waals surface area contributed by atoms with Gasteiger partial charge in [-0.2, -0.15) is 0 Å². The Balaban J connectivity index is 2.50. The van der Waals surface area contributed by atoms with Crippen LogP contribution in [0.1, 0.15) is 78.1 Å². The number of esters is 1. The molecular formula is C34H47N3O6. The van der Waals surface area contributed by atoms with Crippen LogP contribution >= 0.6 is 0 Å². The van der Waals surface area contributed by atoms with Crippen LogP contribution in [0.2, 0.25) is 0 Å². The minimum absolute atomic E-state index is 0.00256. The largest absolute Gasteiger partial charge is 0.458 e. The minimum atomic E-state index is -1.14. The van der Waals surface area contributed by atoms with Crippen LogP contribution in [0, 0.1) is 0 Å². The van der Waals surface area contributed by atoms with E-state index in [1.54, 1.807) is 53.7 Å². The van der Waals surface area contributed by atoms with Crippen LogP contribution in [-0.4, -0.2) is 58.6 Å². The normalized spacial score (nSPS) is 13.6. The maximum Gasteiger partial charge on any atom is 0.408 e. The second-order valence-corrected chi connectivity index (χ2v) is 12.4. The molecule has 2 aromatic carbocycles. The summed E-state index contributed by atoms with van der Waals surface area (Å²) in [4.78, 5) is 55.1. The molecule has 0 saturated carbocycles. The van der Waals surface area contributed by atoms with E-state index in [9.17, 15) is 19.2 Å². The molecule has 0 radical (unpaired) electrons. The summed E-state index contributed by atoms with van der Waals surface area (Å²) in [5.41, 5.74) is 0.889. The molecule has 3 amide bonds. The molecular weight excluding hydrogens is 546 g/mol. The van der Waals surface area contributed by atoms with E-state index in [4.69, 9.17) is 9.47 Å². The third-order valence-electron chi connectivity index (χ3n) is 6.27. The van der Waals surface area contributed by atoms with Gasteiger partial charge in [0.05, 0.1) is 0 Å². The van der Waals surface area contributed by atoms with E-state index in [1.165, 1.54) is 17.9 Å². The summed E-state index contributed by atoms with van der Waals surface area (Å²) in [5, 5.41) is 5.43. The summed E-state index contributed by atoms with van der Waals surface area (Å²) in [7, 11) is 0. The van der Waals surface area contributed by atoms with Crippen LogP contribution in [0.15, 0.2) is 67.3 Å². The molecule has 3 atom stereocenters. The second-order valence-electron chi connectivity index (χ2n) is 12.4. The van der Waals surface area contributed by atoms with Gasteiger partial charge in [-0.05, 0) is 71.6 Å². The highest BCUT2D eigenvalue weighted by molar-refractivity contribution is 5.94. The topological polar surface area (TPSA) is 114 Å². The third-order valence-corrected chi connectivity index (χ3v) is 6.27. The number of hydrogen-bond acceptors (Lipinski definition) is 6. The molecule has 0 aliphatic rings. The van der Waals surface area contributed by atoms with Crippen molar-refractivity contribution in [3.63, 3.8) is 0 Å². The number of alkyl carbamates (subject to hydrolysis) is 1. The number of nitrogens with zero attached hydrogens (tertiary/aromatic N) is 1. The Morgan fingerprint density at radius 1 is 0.860 bits per heavy atom. The van der Waals surface area contributed by atoms with Gasteiger partial charge in [0, 0.05) is 13.0 Å². The summed E-state index contributed by atoms with van der Waals surface area (Å²) in [6.07, 6.45) is 1.73. The smallest absolute Gasteiger partial charge is 0.408 e. The fourth-order valence-corrected chi connectivity index (χ4v) is 4.33. The van der Waals surface area contributed by atoms with Crippen molar-refractivity contribution in [1.82, 2.24) is 15.5 Å². The monoisotopic (exact) mass is 593 g/mol. The first-order valence-electron chi connectivity index (χ1n) is 14.6. The lowest BCUT2D eigenvalue weighted by Crippen LogP contribution is -2.54. The van der Waals surface area contributed by atoms with Crippen molar-refractivity contribution in [2.75, 3.05) is 6.54 Å². The van der Waals surface area contributed by atoms with E-state index in [0.717, 1.165) is 17.5 Å². The summed E-state index contributed by atoms with van der Waals surface area (Å²) < 4.78 is 11.0. The van der Waals surface area contributed by atoms with Gasteiger partial charge in [0.1, 0.15) is 29.3 Å². The van der Waals surface area contributed by atoms with Gasteiger partial charge in [-0.3, -0.25) is 9.59 Å². The first-order chi connectivity index (χ1) is 20.0. The molecule has 0 aliphatic carbocycles. The second kappa shape index (κ2) is 15.4. The molecule has 0 saturated heterocycles. The highest BCUT2D eigenvalue weighted by Crippen LogP contribution is 2.24. The molecule has 0 aliphatic heterocycles. The van der Waals surface area contributed by atoms with Crippen LogP contribution in [0.3, 0.4) is 0 Å². The van der Waals surface area contributed by atoms with Crippen molar-refractivity contribution in [2.45, 2.75) is 97.6 Å². The standard InChI is InChI=1S/C34H47N3O6/c1-10-21-37(30(39)23(3)35-32(41)43-34(7,8)9)28(26-19-17-24(11-2)18-20-26)29(38)36-27(31(40)42-33(4,5)6)22-25-15-13-12-14-16-25/h10,12-20,23,27-28H,1,11,21-22H2,2-9H3,(H,35,41)(H,36,38). The van der Waals surface area contributed by atoms with Crippen LogP contribution in [0.4, 0.5) is 4.79 Å². The van der Waals surface area contributed by atoms with E-state index in [2.05, 4.69) is 17.2 Å². The van der Waals surface area contributed by atoms with Crippen LogP contribution in [0.25, 0.3) is 0 Å². The number of amides is 3. The zero-order valence-electron chi connectivity index (χ0n) is 26.7. The number of ether oxygens (including phenoxy) is 2. The summed E-state index contributed by atoms with van der Waals surface area (Å²) >= 11 is 0. The number of carbonyl (C=O) groups is 4. The van der Waals surface area contributed by atoms with Gasteiger partial charge in [0.2, 0.25) is 11.8 Å². The molecule has 2 aromatic rings. The maximum absolute atomic E-state index is 14.2. The Labute approximate surface area is 256 Å². The molecule has 9 nitrogen and oxygen atoms in total. The fraction of sp³-hybridized carbons (Fsp3) is 0.471. The number of hydrogen-bond donors (Lipinski definition) is 2. The number of rotatable bonds is 12. The Kier molecular flexibility index (Phi) is 12.5. The molecule has 3 unspecified atom stereocenters. The SMILES string of the molecule is C=CCN(C(=O)C(C)NC(=O)OC(C)(C)C)C(C(=O)NC(Cc1ccccc1)C(=O)OC(C)(C)C)c1ccc(CC)cc1. The predicted octanol–water partition coefficient (Wildman–Crippen LogP) is 5.29. The predicted molar refractivity (Wildman–Crippen MR) is 167 cm³/mol. The molecule has 0 bridgehead atoms. The lowest BCUT2D eigenvalue weighted by molar-refractivity contribution is -0.159. The summed E-state index contributed by atoms with van der Waals surface area (Å²) in [6, 6.07) is 13.5. The third kappa shape index (κ3) is 11.6. The number of nitrogens with one attached hydrogen (secondary N) is 2. The quantitative estimate of drug-likeness (QED) is 0.256. The molecule has 0 heterocycles. The van der Waals surface area contributed by atoms with Gasteiger partial charge in [0.25, 0.3) is 0 Å². The Hall–Kier alpha value is -4.14. The average Bonchev–Trinajstić information content (AvgIpc) is 2.91. The lowest BCUT2D eigenvalue weighted by atomic mass is 9.99. The van der Waals surface area contributed by atoms with E-state index in [1.807, 2.05) is 49.4 Å². The summed E-state index contributed by atoms with van der Waals surface area (Å²) in [6.45, 7) is 17.8. The lowest BCUT2D eigenvalue weighted by Gasteiger charge is -2.34. The Morgan fingerprint density at radius 2 is 1.44 bits per heavy atom. The number of carbonyl (C=O) groups excluding carboxylic acids is 4. The minimum Gasteiger partial charge on any atom is -0.458 e. The molecule has 0 spiro atoms. The Bertz CT molecular complexity index is 1250. The van der Waals surface area contributed by atoms with Gasteiger partial charge < -0.3 is 25.0 Å². The fourth-order valence-electron chi connectivity index (χ4n) is 4.33. The number of benzene rings is 2. The van der Waals surface area contributed by atoms with Crippen LogP contribution in [-0.2, 0) is 36.7 Å². The zero-order valence-corrected chi connectivity index (χ0v) is 26.7. The van der Waals surface area contributed by atoms with E-state index >= 15 is 0 Å². The maximum atomic E-state index is 14.2. The molecule has 0 aromatic heterocycles. The molecule has 234 valence electrons. The van der Waals surface area contributed by atoms with Crippen molar-refractivity contribution < 1.29 is 28.7 Å². The van der Waals surface area contributed by atoms with Crippen molar-refractivity contribution in [1.29, 1.82) is 0 Å².